The third-order valence-electron chi connectivity index (χ3n) is 3.28. The Morgan fingerprint density at radius 2 is 2.00 bits per heavy atom. The Labute approximate surface area is 117 Å². The van der Waals surface area contributed by atoms with Gasteiger partial charge in [-0.25, -0.2) is 4.98 Å². The summed E-state index contributed by atoms with van der Waals surface area (Å²) < 4.78 is 1.91. The summed E-state index contributed by atoms with van der Waals surface area (Å²) >= 11 is 0. The Bertz CT molecular complexity index is 747. The molecule has 1 heterocycles. The predicted molar refractivity (Wildman–Crippen MR) is 78.3 cm³/mol. The maximum Gasteiger partial charge on any atom is 0.251 e. The van der Waals surface area contributed by atoms with Crippen molar-refractivity contribution in [3.63, 3.8) is 0 Å². The van der Waals surface area contributed by atoms with Crippen molar-refractivity contribution in [3.05, 3.63) is 66.0 Å². The second-order valence-electron chi connectivity index (χ2n) is 4.73. The minimum atomic E-state index is -0.0723. The van der Waals surface area contributed by atoms with Crippen molar-refractivity contribution >= 4 is 16.9 Å². The normalized spacial score (nSPS) is 10.7. The minimum absolute atomic E-state index is 0.0723. The van der Waals surface area contributed by atoms with Gasteiger partial charge in [-0.15, -0.1) is 0 Å². The molecule has 100 valence electrons. The SMILES string of the molecule is Cn1cnc2ccc(C(=O)NCc3ccccc3)cc21. The third-order valence-corrected chi connectivity index (χ3v) is 3.28. The summed E-state index contributed by atoms with van der Waals surface area (Å²) in [5.74, 6) is -0.0723. The standard InChI is InChI=1S/C16H15N3O/c1-19-11-18-14-8-7-13(9-15(14)19)16(20)17-10-12-5-3-2-4-6-12/h2-9,11H,10H2,1H3,(H,17,20). The highest BCUT2D eigenvalue weighted by Crippen LogP contribution is 2.14. The maximum atomic E-state index is 12.2. The number of fused-ring (bicyclic) bond motifs is 1. The van der Waals surface area contributed by atoms with Crippen molar-refractivity contribution in [2.45, 2.75) is 6.54 Å². The van der Waals surface area contributed by atoms with Crippen molar-refractivity contribution in [2.75, 3.05) is 0 Å². The molecule has 0 unspecified atom stereocenters. The number of aromatic nitrogens is 2. The Morgan fingerprint density at radius 3 is 2.80 bits per heavy atom. The molecule has 0 bridgehead atoms. The van der Waals surface area contributed by atoms with Gasteiger partial charge in [-0.2, -0.15) is 0 Å². The lowest BCUT2D eigenvalue weighted by atomic mass is 10.1. The van der Waals surface area contributed by atoms with Crippen LogP contribution in [0.3, 0.4) is 0 Å². The average molecular weight is 265 g/mol. The summed E-state index contributed by atoms with van der Waals surface area (Å²) in [5.41, 5.74) is 3.59. The fourth-order valence-electron chi connectivity index (χ4n) is 2.15. The second-order valence-corrected chi connectivity index (χ2v) is 4.73. The molecule has 0 fully saturated rings. The highest BCUT2D eigenvalue weighted by molar-refractivity contribution is 5.97. The zero-order valence-electron chi connectivity index (χ0n) is 11.2. The van der Waals surface area contributed by atoms with Crippen LogP contribution in [0.25, 0.3) is 11.0 Å². The minimum Gasteiger partial charge on any atom is -0.348 e. The van der Waals surface area contributed by atoms with Gasteiger partial charge in [0, 0.05) is 19.2 Å². The third kappa shape index (κ3) is 2.40. The van der Waals surface area contributed by atoms with E-state index in [4.69, 9.17) is 0 Å². The monoisotopic (exact) mass is 265 g/mol. The quantitative estimate of drug-likeness (QED) is 0.791. The van der Waals surface area contributed by atoms with Gasteiger partial charge in [-0.1, -0.05) is 30.3 Å². The zero-order chi connectivity index (χ0) is 13.9. The molecule has 0 aliphatic carbocycles. The molecule has 0 saturated carbocycles. The number of amides is 1. The second kappa shape index (κ2) is 5.17. The van der Waals surface area contributed by atoms with Crippen LogP contribution in [-0.4, -0.2) is 15.5 Å². The molecule has 4 heteroatoms. The highest BCUT2D eigenvalue weighted by Gasteiger charge is 2.08. The van der Waals surface area contributed by atoms with Gasteiger partial charge in [0.05, 0.1) is 17.4 Å². The first-order chi connectivity index (χ1) is 9.74. The molecule has 2 aromatic carbocycles. The van der Waals surface area contributed by atoms with Crippen molar-refractivity contribution in [1.82, 2.24) is 14.9 Å². The van der Waals surface area contributed by atoms with E-state index in [0.717, 1.165) is 16.6 Å². The fraction of sp³-hybridized carbons (Fsp3) is 0.125. The van der Waals surface area contributed by atoms with E-state index < -0.39 is 0 Å². The predicted octanol–water partition coefficient (Wildman–Crippen LogP) is 2.50. The Kier molecular flexibility index (Phi) is 3.21. The van der Waals surface area contributed by atoms with Crippen LogP contribution in [0, 0.1) is 0 Å². The van der Waals surface area contributed by atoms with Gasteiger partial charge in [-0.3, -0.25) is 4.79 Å². The first-order valence-electron chi connectivity index (χ1n) is 6.47. The number of hydrogen-bond acceptors (Lipinski definition) is 2. The summed E-state index contributed by atoms with van der Waals surface area (Å²) in [7, 11) is 1.92. The topological polar surface area (TPSA) is 46.9 Å². The summed E-state index contributed by atoms with van der Waals surface area (Å²) in [6.45, 7) is 0.531. The molecule has 0 radical (unpaired) electrons. The smallest absolute Gasteiger partial charge is 0.251 e. The van der Waals surface area contributed by atoms with E-state index in [2.05, 4.69) is 10.3 Å². The molecule has 3 rings (SSSR count). The number of carbonyl (C=O) groups excluding carboxylic acids is 1. The number of carbonyl (C=O) groups is 1. The molecule has 0 spiro atoms. The summed E-state index contributed by atoms with van der Waals surface area (Å²) in [5, 5.41) is 2.92. The van der Waals surface area contributed by atoms with Crippen LogP contribution in [-0.2, 0) is 13.6 Å². The van der Waals surface area contributed by atoms with E-state index in [1.54, 1.807) is 12.4 Å². The number of hydrogen-bond donors (Lipinski definition) is 1. The molecular formula is C16H15N3O. The molecule has 4 nitrogen and oxygen atoms in total. The number of nitrogens with zero attached hydrogens (tertiary/aromatic N) is 2. The average Bonchev–Trinajstić information content (AvgIpc) is 2.87. The largest absolute Gasteiger partial charge is 0.348 e. The van der Waals surface area contributed by atoms with Gasteiger partial charge < -0.3 is 9.88 Å². The summed E-state index contributed by atoms with van der Waals surface area (Å²) in [6.07, 6.45) is 1.75. The molecule has 1 N–H and O–H groups in total. The number of aryl methyl sites for hydroxylation is 1. The van der Waals surface area contributed by atoms with Crippen molar-refractivity contribution in [1.29, 1.82) is 0 Å². The Hall–Kier alpha value is -2.62. The first-order valence-corrected chi connectivity index (χ1v) is 6.47. The molecule has 0 aliphatic heterocycles. The number of rotatable bonds is 3. The van der Waals surface area contributed by atoms with E-state index in [9.17, 15) is 4.79 Å². The lowest BCUT2D eigenvalue weighted by molar-refractivity contribution is 0.0951. The van der Waals surface area contributed by atoms with E-state index in [0.29, 0.717) is 12.1 Å². The van der Waals surface area contributed by atoms with Gasteiger partial charge in [-0.05, 0) is 23.8 Å². The summed E-state index contributed by atoms with van der Waals surface area (Å²) in [4.78, 5) is 16.4. The van der Waals surface area contributed by atoms with Crippen LogP contribution in [0.2, 0.25) is 0 Å². The van der Waals surface area contributed by atoms with Crippen molar-refractivity contribution in [2.24, 2.45) is 7.05 Å². The van der Waals surface area contributed by atoms with E-state index in [1.807, 2.05) is 54.1 Å². The summed E-state index contributed by atoms with van der Waals surface area (Å²) in [6, 6.07) is 15.4. The van der Waals surface area contributed by atoms with Crippen molar-refractivity contribution < 1.29 is 4.79 Å². The molecule has 0 saturated heterocycles. The van der Waals surface area contributed by atoms with E-state index in [1.165, 1.54) is 0 Å². The first kappa shape index (κ1) is 12.4. The molecule has 1 aromatic heterocycles. The van der Waals surface area contributed by atoms with Crippen LogP contribution >= 0.6 is 0 Å². The van der Waals surface area contributed by atoms with Crippen LogP contribution in [0.15, 0.2) is 54.9 Å². The molecule has 0 atom stereocenters. The van der Waals surface area contributed by atoms with Crippen molar-refractivity contribution in [3.8, 4) is 0 Å². The van der Waals surface area contributed by atoms with Crippen LogP contribution < -0.4 is 5.32 Å². The highest BCUT2D eigenvalue weighted by atomic mass is 16.1. The van der Waals surface area contributed by atoms with E-state index in [-0.39, 0.29) is 5.91 Å². The lowest BCUT2D eigenvalue weighted by Crippen LogP contribution is -2.22. The molecule has 20 heavy (non-hydrogen) atoms. The zero-order valence-corrected chi connectivity index (χ0v) is 11.2. The van der Waals surface area contributed by atoms with Gasteiger partial charge in [0.1, 0.15) is 0 Å². The van der Waals surface area contributed by atoms with Crippen LogP contribution in [0.1, 0.15) is 15.9 Å². The van der Waals surface area contributed by atoms with E-state index >= 15 is 0 Å². The Balaban J connectivity index is 1.77. The lowest BCUT2D eigenvalue weighted by Gasteiger charge is -2.06. The molecule has 0 aliphatic rings. The molecule has 3 aromatic rings. The molecule has 1 amide bonds. The van der Waals surface area contributed by atoms with Gasteiger partial charge in [0.25, 0.3) is 5.91 Å². The fourth-order valence-corrected chi connectivity index (χ4v) is 2.15. The molecular weight excluding hydrogens is 250 g/mol. The maximum absolute atomic E-state index is 12.2. The van der Waals surface area contributed by atoms with Gasteiger partial charge in [0.15, 0.2) is 0 Å². The van der Waals surface area contributed by atoms with Crippen LogP contribution in [0.4, 0.5) is 0 Å². The number of benzene rings is 2. The van der Waals surface area contributed by atoms with Gasteiger partial charge >= 0.3 is 0 Å². The number of imidazole rings is 1. The van der Waals surface area contributed by atoms with Crippen LogP contribution in [0.5, 0.6) is 0 Å². The number of nitrogens with one attached hydrogen (secondary N) is 1. The Morgan fingerprint density at radius 1 is 1.20 bits per heavy atom. The van der Waals surface area contributed by atoms with Gasteiger partial charge in [0.2, 0.25) is 0 Å².